The highest BCUT2D eigenvalue weighted by Gasteiger charge is 2.04. The van der Waals surface area contributed by atoms with Crippen molar-refractivity contribution in [2.24, 2.45) is 0 Å². The van der Waals surface area contributed by atoms with Crippen molar-refractivity contribution in [1.29, 1.82) is 0 Å². The summed E-state index contributed by atoms with van der Waals surface area (Å²) in [6.45, 7) is 7.95. The molecule has 0 bridgehead atoms. The quantitative estimate of drug-likeness (QED) is 0.792. The topological polar surface area (TPSA) is 51.5 Å². The van der Waals surface area contributed by atoms with E-state index in [4.69, 9.17) is 4.74 Å². The molecular formula is C13H20N4O. The molecule has 0 atom stereocenters. The number of nitrogens with one attached hydrogen (secondary N) is 1. The first-order chi connectivity index (χ1) is 8.66. The second-order valence-electron chi connectivity index (χ2n) is 4.71. The smallest absolute Gasteiger partial charge is 0.216 e. The lowest BCUT2D eigenvalue weighted by atomic mass is 10.3. The maximum atomic E-state index is 5.76. The molecule has 1 N–H and O–H groups in total. The Morgan fingerprint density at radius 1 is 1.39 bits per heavy atom. The van der Waals surface area contributed by atoms with Crippen molar-refractivity contribution in [3.63, 3.8) is 0 Å². The van der Waals surface area contributed by atoms with Crippen molar-refractivity contribution < 1.29 is 4.74 Å². The van der Waals surface area contributed by atoms with Crippen LogP contribution in [-0.2, 0) is 0 Å². The molecule has 5 heteroatoms. The van der Waals surface area contributed by atoms with Gasteiger partial charge in [-0.25, -0.2) is 4.98 Å². The zero-order valence-electron chi connectivity index (χ0n) is 11.2. The molecule has 0 unspecified atom stereocenters. The van der Waals surface area contributed by atoms with Gasteiger partial charge in [-0.15, -0.1) is 0 Å². The van der Waals surface area contributed by atoms with E-state index in [-0.39, 0.29) is 0 Å². The fourth-order valence-electron chi connectivity index (χ4n) is 1.76. The van der Waals surface area contributed by atoms with Crippen molar-refractivity contribution in [1.82, 2.24) is 19.9 Å². The van der Waals surface area contributed by atoms with Crippen molar-refractivity contribution in [2.75, 3.05) is 13.2 Å². The Kier molecular flexibility index (Phi) is 4.15. The lowest BCUT2D eigenvalue weighted by Crippen LogP contribution is -2.24. The minimum absolute atomic E-state index is 0.519. The van der Waals surface area contributed by atoms with Crippen molar-refractivity contribution in [3.8, 4) is 5.88 Å². The Balaban J connectivity index is 1.93. The Bertz CT molecular complexity index is 507. The van der Waals surface area contributed by atoms with Crippen LogP contribution in [0.15, 0.2) is 18.5 Å². The normalized spacial score (nSPS) is 11.3. The maximum absolute atomic E-state index is 5.76. The predicted octanol–water partition coefficient (Wildman–Crippen LogP) is 1.80. The van der Waals surface area contributed by atoms with Gasteiger partial charge >= 0.3 is 0 Å². The van der Waals surface area contributed by atoms with Crippen LogP contribution in [0.5, 0.6) is 5.88 Å². The summed E-state index contributed by atoms with van der Waals surface area (Å²) < 4.78 is 7.49. The van der Waals surface area contributed by atoms with Gasteiger partial charge in [0, 0.05) is 12.1 Å². The number of rotatable bonds is 6. The number of nitrogens with zero attached hydrogens (tertiary/aromatic N) is 3. The van der Waals surface area contributed by atoms with Crippen LogP contribution in [0.3, 0.4) is 0 Å². The molecule has 0 spiro atoms. The summed E-state index contributed by atoms with van der Waals surface area (Å²) in [5, 5.41) is 7.51. The average Bonchev–Trinajstić information content (AvgIpc) is 2.75. The zero-order valence-corrected chi connectivity index (χ0v) is 11.2. The van der Waals surface area contributed by atoms with Crippen LogP contribution in [-0.4, -0.2) is 33.8 Å². The molecule has 0 saturated heterocycles. The van der Waals surface area contributed by atoms with Gasteiger partial charge in [-0.2, -0.15) is 9.61 Å². The first-order valence-electron chi connectivity index (χ1n) is 6.33. The minimum Gasteiger partial charge on any atom is -0.478 e. The van der Waals surface area contributed by atoms with E-state index in [0.29, 0.717) is 12.6 Å². The van der Waals surface area contributed by atoms with Crippen molar-refractivity contribution in [2.45, 2.75) is 33.2 Å². The van der Waals surface area contributed by atoms with E-state index in [0.717, 1.165) is 30.1 Å². The van der Waals surface area contributed by atoms with Gasteiger partial charge in [0.15, 0.2) is 5.65 Å². The summed E-state index contributed by atoms with van der Waals surface area (Å²) in [7, 11) is 0. The molecule has 0 aliphatic carbocycles. The van der Waals surface area contributed by atoms with Gasteiger partial charge in [0.1, 0.15) is 6.33 Å². The van der Waals surface area contributed by atoms with E-state index < -0.39 is 0 Å². The second kappa shape index (κ2) is 5.82. The fraction of sp³-hybridized carbons (Fsp3) is 0.538. The number of aromatic nitrogens is 3. The largest absolute Gasteiger partial charge is 0.478 e. The predicted molar refractivity (Wildman–Crippen MR) is 71.0 cm³/mol. The lowest BCUT2D eigenvalue weighted by Gasteiger charge is -2.10. The van der Waals surface area contributed by atoms with Gasteiger partial charge in [0.25, 0.3) is 0 Å². The molecule has 0 amide bonds. The third kappa shape index (κ3) is 3.20. The summed E-state index contributed by atoms with van der Waals surface area (Å²) in [4.78, 5) is 4.17. The SMILES string of the molecule is Cc1cc(OCCCNC(C)C)n2ncnc2c1. The lowest BCUT2D eigenvalue weighted by molar-refractivity contribution is 0.288. The van der Waals surface area contributed by atoms with Crippen LogP contribution in [0, 0.1) is 6.92 Å². The Hall–Kier alpha value is -1.62. The highest BCUT2D eigenvalue weighted by atomic mass is 16.5. The van der Waals surface area contributed by atoms with Gasteiger partial charge in [-0.1, -0.05) is 13.8 Å². The van der Waals surface area contributed by atoms with E-state index in [9.17, 15) is 0 Å². The summed E-state index contributed by atoms with van der Waals surface area (Å²) in [5.41, 5.74) is 1.95. The van der Waals surface area contributed by atoms with Crippen molar-refractivity contribution in [3.05, 3.63) is 24.0 Å². The third-order valence-electron chi connectivity index (χ3n) is 2.61. The molecule has 0 aromatic carbocycles. The molecule has 0 aliphatic heterocycles. The summed E-state index contributed by atoms with van der Waals surface area (Å²) in [6, 6.07) is 4.49. The third-order valence-corrected chi connectivity index (χ3v) is 2.61. The van der Waals surface area contributed by atoms with Crippen molar-refractivity contribution >= 4 is 5.65 Å². The number of aryl methyl sites for hydroxylation is 1. The van der Waals surface area contributed by atoms with Gasteiger partial charge in [0.05, 0.1) is 6.61 Å². The average molecular weight is 248 g/mol. The molecule has 2 heterocycles. The van der Waals surface area contributed by atoms with Crippen LogP contribution in [0.1, 0.15) is 25.8 Å². The Morgan fingerprint density at radius 2 is 2.22 bits per heavy atom. The number of ether oxygens (including phenoxy) is 1. The molecule has 0 radical (unpaired) electrons. The van der Waals surface area contributed by atoms with E-state index in [1.807, 2.05) is 19.1 Å². The van der Waals surface area contributed by atoms with Crippen LogP contribution in [0.4, 0.5) is 0 Å². The highest BCUT2D eigenvalue weighted by Crippen LogP contribution is 2.15. The fourth-order valence-corrected chi connectivity index (χ4v) is 1.76. The summed E-state index contributed by atoms with van der Waals surface area (Å²) in [6.07, 6.45) is 2.52. The number of hydrogen-bond donors (Lipinski definition) is 1. The molecule has 2 aromatic heterocycles. The van der Waals surface area contributed by atoms with Crippen LogP contribution in [0.2, 0.25) is 0 Å². The van der Waals surface area contributed by atoms with E-state index in [1.165, 1.54) is 0 Å². The molecule has 2 aromatic rings. The molecule has 0 saturated carbocycles. The molecule has 98 valence electrons. The molecule has 5 nitrogen and oxygen atoms in total. The molecule has 0 fully saturated rings. The highest BCUT2D eigenvalue weighted by molar-refractivity contribution is 5.43. The molecule has 2 rings (SSSR count). The van der Waals surface area contributed by atoms with E-state index in [2.05, 4.69) is 29.2 Å². The van der Waals surface area contributed by atoms with Gasteiger partial charge < -0.3 is 10.1 Å². The second-order valence-corrected chi connectivity index (χ2v) is 4.71. The van der Waals surface area contributed by atoms with E-state index >= 15 is 0 Å². The van der Waals surface area contributed by atoms with E-state index in [1.54, 1.807) is 10.8 Å². The number of pyridine rings is 1. The first-order valence-corrected chi connectivity index (χ1v) is 6.33. The summed E-state index contributed by atoms with van der Waals surface area (Å²) >= 11 is 0. The standard InChI is InChI=1S/C13H20N4O/c1-10(2)14-5-4-6-18-13-8-11(3)7-12-15-9-16-17(12)13/h7-10,14H,4-6H2,1-3H3. The maximum Gasteiger partial charge on any atom is 0.216 e. The number of hydrogen-bond acceptors (Lipinski definition) is 4. The first kappa shape index (κ1) is 12.8. The van der Waals surface area contributed by atoms with Crippen LogP contribution in [0.25, 0.3) is 5.65 Å². The minimum atomic E-state index is 0.519. The Labute approximate surface area is 107 Å². The Morgan fingerprint density at radius 3 is 3.00 bits per heavy atom. The van der Waals surface area contributed by atoms with Crippen LogP contribution < -0.4 is 10.1 Å². The van der Waals surface area contributed by atoms with Gasteiger partial charge in [-0.3, -0.25) is 0 Å². The van der Waals surface area contributed by atoms with Gasteiger partial charge in [0.2, 0.25) is 5.88 Å². The molecule has 0 aliphatic rings. The molecular weight excluding hydrogens is 228 g/mol. The van der Waals surface area contributed by atoms with Gasteiger partial charge in [-0.05, 0) is 31.5 Å². The number of fused-ring (bicyclic) bond motifs is 1. The monoisotopic (exact) mass is 248 g/mol. The molecule has 18 heavy (non-hydrogen) atoms. The van der Waals surface area contributed by atoms with Crippen LogP contribution >= 0.6 is 0 Å². The summed E-state index contributed by atoms with van der Waals surface area (Å²) in [5.74, 6) is 0.757. The zero-order chi connectivity index (χ0) is 13.0.